The molecule has 4 rings (SSSR count). The predicted octanol–water partition coefficient (Wildman–Crippen LogP) is 3.42. The van der Waals surface area contributed by atoms with Crippen LogP contribution in [0.1, 0.15) is 16.8 Å². The van der Waals surface area contributed by atoms with Crippen LogP contribution in [0.15, 0.2) is 54.6 Å². The first-order valence-corrected chi connectivity index (χ1v) is 8.90. The van der Waals surface area contributed by atoms with Gasteiger partial charge in [-0.3, -0.25) is 4.79 Å². The van der Waals surface area contributed by atoms with Crippen molar-refractivity contribution in [2.24, 2.45) is 0 Å². The first-order valence-electron chi connectivity index (χ1n) is 8.90. The Morgan fingerprint density at radius 3 is 2.56 bits per heavy atom. The van der Waals surface area contributed by atoms with Gasteiger partial charge in [-0.2, -0.15) is 0 Å². The van der Waals surface area contributed by atoms with Crippen molar-refractivity contribution in [1.29, 1.82) is 0 Å². The Bertz CT molecular complexity index is 994. The fourth-order valence-corrected chi connectivity index (χ4v) is 3.68. The van der Waals surface area contributed by atoms with Gasteiger partial charge in [-0.15, -0.1) is 0 Å². The van der Waals surface area contributed by atoms with Crippen LogP contribution in [-0.2, 0) is 35.6 Å². The number of carbonyl (C=O) groups excluding carboxylic acids is 1. The molecule has 2 aromatic carbocycles. The lowest BCUT2D eigenvalue weighted by Crippen LogP contribution is -2.36. The molecule has 0 spiro atoms. The van der Waals surface area contributed by atoms with Gasteiger partial charge in [-0.25, -0.2) is 4.79 Å². The van der Waals surface area contributed by atoms with Gasteiger partial charge in [0, 0.05) is 35.1 Å². The molecular weight excluding hydrogens is 344 g/mol. The van der Waals surface area contributed by atoms with Crippen molar-refractivity contribution < 1.29 is 19.4 Å². The minimum Gasteiger partial charge on any atom is -0.480 e. The topological polar surface area (TPSA) is 71.8 Å². The van der Waals surface area contributed by atoms with Crippen LogP contribution in [0, 0.1) is 0 Å². The lowest BCUT2D eigenvalue weighted by molar-refractivity contribution is -0.137. The van der Waals surface area contributed by atoms with Gasteiger partial charge in [-0.05, 0) is 11.6 Å². The van der Waals surface area contributed by atoms with E-state index >= 15 is 0 Å². The smallest absolute Gasteiger partial charge is 0.410 e. The third-order valence-corrected chi connectivity index (χ3v) is 4.92. The van der Waals surface area contributed by atoms with Crippen LogP contribution in [0.5, 0.6) is 0 Å². The molecule has 0 bridgehead atoms. The number of para-hydroxylation sites is 1. The second-order valence-electron chi connectivity index (χ2n) is 6.63. The van der Waals surface area contributed by atoms with Crippen LogP contribution in [0.3, 0.4) is 0 Å². The fourth-order valence-electron chi connectivity index (χ4n) is 3.68. The molecule has 0 unspecified atom stereocenters. The van der Waals surface area contributed by atoms with Gasteiger partial charge in [0.15, 0.2) is 0 Å². The van der Waals surface area contributed by atoms with E-state index < -0.39 is 5.97 Å². The number of carboxylic acid groups (broad SMARTS) is 1. The molecular formula is C21H20N2O4. The van der Waals surface area contributed by atoms with E-state index in [1.165, 1.54) is 0 Å². The Hall–Kier alpha value is -3.28. The number of aliphatic carboxylic acids is 1. The minimum atomic E-state index is -0.872. The van der Waals surface area contributed by atoms with E-state index in [9.17, 15) is 14.7 Å². The Labute approximate surface area is 156 Å². The molecule has 1 aliphatic heterocycles. The number of carboxylic acids is 1. The van der Waals surface area contributed by atoms with E-state index in [1.807, 2.05) is 59.2 Å². The minimum absolute atomic E-state index is 0.0751. The monoisotopic (exact) mass is 364 g/mol. The number of benzene rings is 2. The summed E-state index contributed by atoms with van der Waals surface area (Å²) in [6.07, 6.45) is 0.261. The zero-order chi connectivity index (χ0) is 18.8. The van der Waals surface area contributed by atoms with Crippen molar-refractivity contribution in [3.63, 3.8) is 0 Å². The van der Waals surface area contributed by atoms with Crippen molar-refractivity contribution >= 4 is 23.0 Å². The van der Waals surface area contributed by atoms with Crippen LogP contribution in [-0.4, -0.2) is 33.2 Å². The molecule has 1 aromatic heterocycles. The van der Waals surface area contributed by atoms with Crippen LogP contribution < -0.4 is 0 Å². The maximum atomic E-state index is 12.5. The van der Waals surface area contributed by atoms with Crippen LogP contribution in [0.25, 0.3) is 10.9 Å². The van der Waals surface area contributed by atoms with E-state index in [-0.39, 0.29) is 19.2 Å². The lowest BCUT2D eigenvalue weighted by atomic mass is 10.0. The maximum Gasteiger partial charge on any atom is 0.410 e. The average Bonchev–Trinajstić information content (AvgIpc) is 3.00. The standard InChI is InChI=1S/C21H20N2O4/c24-20(25)13-23-18-9-5-4-8-16(18)17-12-22(11-10-19(17)23)21(26)27-14-15-6-2-1-3-7-15/h1-9H,10-14H2,(H,24,25). The largest absolute Gasteiger partial charge is 0.480 e. The van der Waals surface area contributed by atoms with Gasteiger partial charge >= 0.3 is 12.1 Å². The Balaban J connectivity index is 1.56. The first-order chi connectivity index (χ1) is 13.1. The molecule has 0 fully saturated rings. The number of aromatic nitrogens is 1. The number of amides is 1. The molecule has 138 valence electrons. The highest BCUT2D eigenvalue weighted by Crippen LogP contribution is 2.31. The lowest BCUT2D eigenvalue weighted by Gasteiger charge is -2.27. The summed E-state index contributed by atoms with van der Waals surface area (Å²) in [5, 5.41) is 10.3. The first kappa shape index (κ1) is 17.1. The summed E-state index contributed by atoms with van der Waals surface area (Å²) in [4.78, 5) is 25.5. The molecule has 0 saturated carbocycles. The summed E-state index contributed by atoms with van der Waals surface area (Å²) < 4.78 is 7.30. The second kappa shape index (κ2) is 7.15. The van der Waals surface area contributed by atoms with Gasteiger partial charge in [-0.1, -0.05) is 48.5 Å². The molecule has 3 aromatic rings. The fraction of sp³-hybridized carbons (Fsp3) is 0.238. The van der Waals surface area contributed by atoms with Gasteiger partial charge < -0.3 is 19.3 Å². The molecule has 1 amide bonds. The summed E-state index contributed by atoms with van der Waals surface area (Å²) in [7, 11) is 0. The number of nitrogens with zero attached hydrogens (tertiary/aromatic N) is 2. The summed E-state index contributed by atoms with van der Waals surface area (Å²) >= 11 is 0. The van der Waals surface area contributed by atoms with Crippen molar-refractivity contribution in [3.8, 4) is 0 Å². The van der Waals surface area contributed by atoms with Crippen molar-refractivity contribution in [2.75, 3.05) is 6.54 Å². The number of hydrogen-bond donors (Lipinski definition) is 1. The van der Waals surface area contributed by atoms with E-state index in [2.05, 4.69) is 0 Å². The Kier molecular flexibility index (Phi) is 4.54. The van der Waals surface area contributed by atoms with E-state index in [1.54, 1.807) is 4.90 Å². The molecule has 0 saturated heterocycles. The number of rotatable bonds is 4. The number of ether oxygens (including phenoxy) is 1. The van der Waals surface area contributed by atoms with Gasteiger partial charge in [0.25, 0.3) is 0 Å². The van der Waals surface area contributed by atoms with Crippen LogP contribution >= 0.6 is 0 Å². The zero-order valence-electron chi connectivity index (χ0n) is 14.8. The molecule has 0 atom stereocenters. The predicted molar refractivity (Wildman–Crippen MR) is 100 cm³/mol. The Morgan fingerprint density at radius 2 is 1.78 bits per heavy atom. The van der Waals surface area contributed by atoms with Crippen molar-refractivity contribution in [1.82, 2.24) is 9.47 Å². The molecule has 6 nitrogen and oxygen atoms in total. The number of fused-ring (bicyclic) bond motifs is 3. The quantitative estimate of drug-likeness (QED) is 0.770. The molecule has 1 N–H and O–H groups in total. The highest BCUT2D eigenvalue weighted by molar-refractivity contribution is 5.87. The van der Waals surface area contributed by atoms with Crippen LogP contribution in [0.2, 0.25) is 0 Å². The second-order valence-corrected chi connectivity index (χ2v) is 6.63. The summed E-state index contributed by atoms with van der Waals surface area (Å²) in [5.74, 6) is -0.872. The summed E-state index contributed by atoms with van der Waals surface area (Å²) in [6.45, 7) is 1.10. The zero-order valence-corrected chi connectivity index (χ0v) is 14.8. The maximum absolute atomic E-state index is 12.5. The number of hydrogen-bond acceptors (Lipinski definition) is 3. The highest BCUT2D eigenvalue weighted by atomic mass is 16.6. The van der Waals surface area contributed by atoms with E-state index in [0.717, 1.165) is 27.7 Å². The third-order valence-electron chi connectivity index (χ3n) is 4.92. The van der Waals surface area contributed by atoms with E-state index in [0.29, 0.717) is 19.5 Å². The average molecular weight is 364 g/mol. The molecule has 1 aliphatic rings. The number of carbonyl (C=O) groups is 2. The van der Waals surface area contributed by atoms with Crippen molar-refractivity contribution in [3.05, 3.63) is 71.4 Å². The molecule has 0 aliphatic carbocycles. The SMILES string of the molecule is O=C(O)Cn1c2c(c3ccccc31)CN(C(=O)OCc1ccccc1)CC2. The molecule has 2 heterocycles. The normalized spacial score (nSPS) is 13.4. The van der Waals surface area contributed by atoms with Gasteiger partial charge in [0.1, 0.15) is 13.2 Å². The summed E-state index contributed by atoms with van der Waals surface area (Å²) in [6, 6.07) is 17.3. The van der Waals surface area contributed by atoms with E-state index in [4.69, 9.17) is 4.74 Å². The Morgan fingerprint density at radius 1 is 1.04 bits per heavy atom. The van der Waals surface area contributed by atoms with Gasteiger partial charge in [0.2, 0.25) is 0 Å². The third kappa shape index (κ3) is 3.38. The molecule has 27 heavy (non-hydrogen) atoms. The van der Waals surface area contributed by atoms with Crippen molar-refractivity contribution in [2.45, 2.75) is 26.1 Å². The van der Waals surface area contributed by atoms with Crippen LogP contribution in [0.4, 0.5) is 4.79 Å². The highest BCUT2D eigenvalue weighted by Gasteiger charge is 2.27. The molecule has 6 heteroatoms. The molecule has 0 radical (unpaired) electrons. The summed E-state index contributed by atoms with van der Waals surface area (Å²) in [5.41, 5.74) is 3.84. The van der Waals surface area contributed by atoms with Gasteiger partial charge in [0.05, 0.1) is 6.54 Å².